The Balaban J connectivity index is 1.42. The van der Waals surface area contributed by atoms with E-state index in [1.807, 2.05) is 6.92 Å². The number of piperidine rings is 1. The van der Waals surface area contributed by atoms with Crippen LogP contribution < -0.4 is 15.4 Å². The van der Waals surface area contributed by atoms with E-state index in [9.17, 15) is 14.4 Å². The predicted octanol–water partition coefficient (Wildman–Crippen LogP) is 0.234. The van der Waals surface area contributed by atoms with E-state index >= 15 is 0 Å². The summed E-state index contributed by atoms with van der Waals surface area (Å²) in [4.78, 5) is 41.3. The highest BCUT2D eigenvalue weighted by atomic mass is 16.5. The number of imide groups is 1. The molecule has 3 heterocycles. The van der Waals surface area contributed by atoms with E-state index in [1.165, 1.54) is 0 Å². The monoisotopic (exact) mass is 386 g/mol. The normalized spacial score (nSPS) is 25.6. The number of amides is 3. The van der Waals surface area contributed by atoms with E-state index in [2.05, 4.69) is 15.5 Å². The molecule has 0 radical (unpaired) electrons. The molecule has 3 aliphatic rings. The van der Waals surface area contributed by atoms with Gasteiger partial charge < -0.3 is 15.4 Å². The second-order valence-electron chi connectivity index (χ2n) is 7.63. The van der Waals surface area contributed by atoms with Gasteiger partial charge in [0, 0.05) is 38.8 Å². The zero-order chi connectivity index (χ0) is 19.7. The Kier molecular flexibility index (Phi) is 5.32. The van der Waals surface area contributed by atoms with E-state index in [1.54, 1.807) is 18.2 Å². The first-order valence-corrected chi connectivity index (χ1v) is 9.93. The summed E-state index contributed by atoms with van der Waals surface area (Å²) < 4.78 is 5.81. The van der Waals surface area contributed by atoms with Gasteiger partial charge in [-0.3, -0.25) is 24.2 Å². The van der Waals surface area contributed by atoms with Gasteiger partial charge in [-0.2, -0.15) is 0 Å². The standard InChI is InChI=1S/C20H26N4O4/c1-13-2-5-17(18(25)22-13)24-19(26)15-4-3-14(12-16(15)20(24)27)28-11-10-23-8-6-21-7-9-23/h3-4,12-13,17,21H,2,5-11H2,1H3,(H,22,25). The maximum absolute atomic E-state index is 12.9. The predicted molar refractivity (Wildman–Crippen MR) is 102 cm³/mol. The maximum atomic E-state index is 12.9. The van der Waals surface area contributed by atoms with Crippen LogP contribution in [0.2, 0.25) is 0 Å². The second-order valence-corrected chi connectivity index (χ2v) is 7.63. The third-order valence-corrected chi connectivity index (χ3v) is 5.65. The quantitative estimate of drug-likeness (QED) is 0.705. The molecule has 2 N–H and O–H groups in total. The Morgan fingerprint density at radius 1 is 1.07 bits per heavy atom. The molecule has 3 amide bonds. The Hall–Kier alpha value is -2.45. The van der Waals surface area contributed by atoms with Crippen LogP contribution in [0.25, 0.3) is 0 Å². The molecule has 150 valence electrons. The molecule has 3 aliphatic heterocycles. The number of carbonyl (C=O) groups is 3. The van der Waals surface area contributed by atoms with Crippen molar-refractivity contribution in [2.75, 3.05) is 39.3 Å². The van der Waals surface area contributed by atoms with Gasteiger partial charge in [0.1, 0.15) is 18.4 Å². The lowest BCUT2D eigenvalue weighted by Crippen LogP contribution is -2.54. The fourth-order valence-electron chi connectivity index (χ4n) is 4.04. The van der Waals surface area contributed by atoms with Crippen LogP contribution in [0.3, 0.4) is 0 Å². The SMILES string of the molecule is CC1CCC(N2C(=O)c3ccc(OCCN4CCNCC4)cc3C2=O)C(=O)N1. The number of nitrogens with one attached hydrogen (secondary N) is 2. The number of rotatable bonds is 5. The van der Waals surface area contributed by atoms with Crippen molar-refractivity contribution >= 4 is 17.7 Å². The van der Waals surface area contributed by atoms with Crippen LogP contribution >= 0.6 is 0 Å². The molecular weight excluding hydrogens is 360 g/mol. The van der Waals surface area contributed by atoms with E-state index in [4.69, 9.17) is 4.74 Å². The molecule has 0 aliphatic carbocycles. The summed E-state index contributed by atoms with van der Waals surface area (Å²) in [5.74, 6) is -0.510. The fraction of sp³-hybridized carbons (Fsp3) is 0.550. The highest BCUT2D eigenvalue weighted by Gasteiger charge is 2.44. The molecule has 2 fully saturated rings. The van der Waals surface area contributed by atoms with Gasteiger partial charge >= 0.3 is 0 Å². The highest BCUT2D eigenvalue weighted by Crippen LogP contribution is 2.30. The van der Waals surface area contributed by atoms with Crippen LogP contribution in [0.4, 0.5) is 0 Å². The summed E-state index contributed by atoms with van der Waals surface area (Å²) in [6.45, 7) is 7.22. The minimum absolute atomic E-state index is 0.0645. The zero-order valence-electron chi connectivity index (χ0n) is 16.1. The molecule has 8 heteroatoms. The lowest BCUT2D eigenvalue weighted by Gasteiger charge is -2.31. The third kappa shape index (κ3) is 3.62. The second kappa shape index (κ2) is 7.89. The maximum Gasteiger partial charge on any atom is 0.262 e. The number of carbonyl (C=O) groups excluding carboxylic acids is 3. The smallest absolute Gasteiger partial charge is 0.262 e. The summed E-state index contributed by atoms with van der Waals surface area (Å²) in [5.41, 5.74) is 0.655. The Morgan fingerprint density at radius 3 is 2.57 bits per heavy atom. The molecule has 0 aromatic heterocycles. The van der Waals surface area contributed by atoms with Gasteiger partial charge in [0.2, 0.25) is 5.91 Å². The molecule has 2 unspecified atom stereocenters. The van der Waals surface area contributed by atoms with Crippen LogP contribution in [0.15, 0.2) is 18.2 Å². The Labute approximate surface area is 164 Å². The first-order valence-electron chi connectivity index (χ1n) is 9.93. The van der Waals surface area contributed by atoms with Crippen molar-refractivity contribution in [3.05, 3.63) is 29.3 Å². The van der Waals surface area contributed by atoms with E-state index < -0.39 is 17.9 Å². The van der Waals surface area contributed by atoms with Gasteiger partial charge in [-0.05, 0) is 38.0 Å². The van der Waals surface area contributed by atoms with E-state index in [0.717, 1.165) is 44.0 Å². The molecule has 1 aromatic carbocycles. The Bertz CT molecular complexity index is 790. The Morgan fingerprint density at radius 2 is 1.82 bits per heavy atom. The molecule has 8 nitrogen and oxygen atoms in total. The third-order valence-electron chi connectivity index (χ3n) is 5.65. The molecular formula is C20H26N4O4. The molecule has 4 rings (SSSR count). The lowest BCUT2D eigenvalue weighted by atomic mass is 10.00. The van der Waals surface area contributed by atoms with Crippen LogP contribution in [0, 0.1) is 0 Å². The van der Waals surface area contributed by atoms with Crippen LogP contribution in [0.1, 0.15) is 40.5 Å². The first kappa shape index (κ1) is 18.9. The first-order chi connectivity index (χ1) is 13.5. The minimum atomic E-state index is -0.735. The summed E-state index contributed by atoms with van der Waals surface area (Å²) >= 11 is 0. The molecule has 2 atom stereocenters. The number of benzene rings is 1. The van der Waals surface area contributed by atoms with E-state index in [-0.39, 0.29) is 11.9 Å². The number of hydrogen-bond donors (Lipinski definition) is 2. The summed E-state index contributed by atoms with van der Waals surface area (Å²) in [7, 11) is 0. The van der Waals surface area contributed by atoms with Crippen molar-refractivity contribution < 1.29 is 19.1 Å². The molecule has 0 spiro atoms. The van der Waals surface area contributed by atoms with Gasteiger partial charge in [0.25, 0.3) is 11.8 Å². The van der Waals surface area contributed by atoms with Crippen molar-refractivity contribution in [2.24, 2.45) is 0 Å². The molecule has 1 aromatic rings. The fourth-order valence-corrected chi connectivity index (χ4v) is 4.04. The molecule has 2 saturated heterocycles. The van der Waals surface area contributed by atoms with Crippen LogP contribution in [0.5, 0.6) is 5.75 Å². The van der Waals surface area contributed by atoms with Crippen LogP contribution in [-0.4, -0.2) is 78.9 Å². The van der Waals surface area contributed by atoms with Crippen molar-refractivity contribution in [2.45, 2.75) is 31.8 Å². The van der Waals surface area contributed by atoms with Gasteiger partial charge in [0.15, 0.2) is 0 Å². The van der Waals surface area contributed by atoms with Gasteiger partial charge in [-0.25, -0.2) is 0 Å². The van der Waals surface area contributed by atoms with Crippen molar-refractivity contribution in [3.63, 3.8) is 0 Å². The van der Waals surface area contributed by atoms with E-state index in [0.29, 0.717) is 29.9 Å². The minimum Gasteiger partial charge on any atom is -0.492 e. The molecule has 0 saturated carbocycles. The number of piperazine rings is 1. The van der Waals surface area contributed by atoms with Gasteiger partial charge in [-0.1, -0.05) is 0 Å². The van der Waals surface area contributed by atoms with Gasteiger partial charge in [-0.15, -0.1) is 0 Å². The average Bonchev–Trinajstić information content (AvgIpc) is 2.93. The largest absolute Gasteiger partial charge is 0.492 e. The highest BCUT2D eigenvalue weighted by molar-refractivity contribution is 6.23. The number of ether oxygens (including phenoxy) is 1. The number of nitrogens with zero attached hydrogens (tertiary/aromatic N) is 2. The number of hydrogen-bond acceptors (Lipinski definition) is 6. The average molecular weight is 386 g/mol. The van der Waals surface area contributed by atoms with Crippen molar-refractivity contribution in [3.8, 4) is 5.75 Å². The van der Waals surface area contributed by atoms with Crippen molar-refractivity contribution in [1.29, 1.82) is 0 Å². The number of fused-ring (bicyclic) bond motifs is 1. The topological polar surface area (TPSA) is 91.0 Å². The summed E-state index contributed by atoms with van der Waals surface area (Å²) in [5, 5.41) is 6.14. The molecule has 28 heavy (non-hydrogen) atoms. The zero-order valence-corrected chi connectivity index (χ0v) is 16.1. The lowest BCUT2D eigenvalue weighted by molar-refractivity contribution is -0.127. The van der Waals surface area contributed by atoms with Crippen LogP contribution in [-0.2, 0) is 4.79 Å². The van der Waals surface area contributed by atoms with Crippen molar-refractivity contribution in [1.82, 2.24) is 20.4 Å². The van der Waals surface area contributed by atoms with Gasteiger partial charge in [0.05, 0.1) is 11.1 Å². The summed E-state index contributed by atoms with van der Waals surface area (Å²) in [6.07, 6.45) is 1.23. The molecule has 0 bridgehead atoms. The summed E-state index contributed by atoms with van der Waals surface area (Å²) in [6, 6.07) is 4.29.